The molecule has 0 bridgehead atoms. The van der Waals surface area contributed by atoms with Crippen LogP contribution in [-0.4, -0.2) is 58.1 Å². The van der Waals surface area contributed by atoms with Crippen LogP contribution in [-0.2, 0) is 11.8 Å². The lowest BCUT2D eigenvalue weighted by Gasteiger charge is -2.35. The Kier molecular flexibility index (Phi) is 4.65. The Morgan fingerprint density at radius 2 is 1.85 bits per heavy atom. The van der Waals surface area contributed by atoms with Crippen LogP contribution in [0.15, 0.2) is 30.5 Å². The van der Waals surface area contributed by atoms with Gasteiger partial charge in [0.1, 0.15) is 11.9 Å². The number of benzene rings is 1. The fourth-order valence-corrected chi connectivity index (χ4v) is 4.40. The van der Waals surface area contributed by atoms with Crippen molar-refractivity contribution >= 4 is 16.8 Å². The first kappa shape index (κ1) is 17.4. The van der Waals surface area contributed by atoms with Crippen LogP contribution in [0.1, 0.15) is 33.1 Å². The van der Waals surface area contributed by atoms with Crippen LogP contribution in [0.3, 0.4) is 0 Å². The van der Waals surface area contributed by atoms with Gasteiger partial charge in [-0.2, -0.15) is 0 Å². The first-order valence-corrected chi connectivity index (χ1v) is 9.80. The third kappa shape index (κ3) is 3.09. The lowest BCUT2D eigenvalue weighted by Crippen LogP contribution is -2.48. The summed E-state index contributed by atoms with van der Waals surface area (Å²) in [6.07, 6.45) is 5.23. The summed E-state index contributed by atoms with van der Waals surface area (Å²) in [7, 11) is 2.06. The van der Waals surface area contributed by atoms with Gasteiger partial charge in [0, 0.05) is 44.3 Å². The van der Waals surface area contributed by atoms with Crippen molar-refractivity contribution in [3.63, 3.8) is 0 Å². The number of ether oxygens (including phenoxy) is 1. The number of piperidine rings is 1. The smallest absolute Gasteiger partial charge is 0.240 e. The number of hydrogen-bond donors (Lipinski definition) is 0. The number of carbonyl (C=O) groups is 1. The van der Waals surface area contributed by atoms with Gasteiger partial charge >= 0.3 is 0 Å². The molecule has 0 radical (unpaired) electrons. The van der Waals surface area contributed by atoms with E-state index < -0.39 is 0 Å². The first-order valence-electron chi connectivity index (χ1n) is 9.80. The summed E-state index contributed by atoms with van der Waals surface area (Å²) in [6, 6.07) is 8.75. The second-order valence-corrected chi connectivity index (χ2v) is 7.90. The number of hydrogen-bond acceptors (Lipinski definition) is 3. The van der Waals surface area contributed by atoms with Gasteiger partial charge in [0.15, 0.2) is 0 Å². The van der Waals surface area contributed by atoms with Crippen molar-refractivity contribution in [2.24, 2.45) is 7.05 Å². The highest BCUT2D eigenvalue weighted by molar-refractivity contribution is 5.86. The van der Waals surface area contributed by atoms with E-state index in [1.807, 2.05) is 4.90 Å². The lowest BCUT2D eigenvalue weighted by atomic mass is 10.0. The number of aryl methyl sites for hydroxylation is 1. The second-order valence-electron chi connectivity index (χ2n) is 7.90. The molecule has 1 aromatic heterocycles. The molecule has 1 atom stereocenters. The minimum absolute atomic E-state index is 0.0795. The Balaban J connectivity index is 1.37. The zero-order valence-corrected chi connectivity index (χ0v) is 16.0. The number of carbonyl (C=O) groups excluding carboxylic acids is 1. The normalized spacial score (nSPS) is 22.7. The highest BCUT2D eigenvalue weighted by atomic mass is 16.5. The van der Waals surface area contributed by atoms with E-state index in [9.17, 15) is 4.79 Å². The van der Waals surface area contributed by atoms with E-state index in [1.165, 1.54) is 10.9 Å². The molecule has 5 nitrogen and oxygen atoms in total. The molecule has 2 aliphatic rings. The molecule has 2 aliphatic heterocycles. The van der Waals surface area contributed by atoms with E-state index in [1.54, 1.807) is 0 Å². The number of rotatable bonds is 4. The highest BCUT2D eigenvalue weighted by Gasteiger charge is 2.38. The highest BCUT2D eigenvalue weighted by Crippen LogP contribution is 2.30. The van der Waals surface area contributed by atoms with E-state index in [4.69, 9.17) is 4.74 Å². The largest absolute Gasteiger partial charge is 0.490 e. The third-order valence-electron chi connectivity index (χ3n) is 5.93. The second kappa shape index (κ2) is 6.95. The molecule has 1 amide bonds. The van der Waals surface area contributed by atoms with E-state index in [2.05, 4.69) is 60.8 Å². The van der Waals surface area contributed by atoms with Crippen molar-refractivity contribution in [2.45, 2.75) is 51.3 Å². The van der Waals surface area contributed by atoms with Crippen molar-refractivity contribution in [3.8, 4) is 5.75 Å². The number of nitrogens with zero attached hydrogens (tertiary/aromatic N) is 3. The van der Waals surface area contributed by atoms with Crippen LogP contribution in [0.4, 0.5) is 0 Å². The molecular formula is C21H29N3O2. The summed E-state index contributed by atoms with van der Waals surface area (Å²) in [5.41, 5.74) is 1.20. The Labute approximate surface area is 155 Å². The van der Waals surface area contributed by atoms with Gasteiger partial charge in [-0.05, 0) is 51.3 Å². The van der Waals surface area contributed by atoms with Crippen molar-refractivity contribution in [2.75, 3.05) is 19.6 Å². The molecule has 2 saturated heterocycles. The Bertz CT molecular complexity index is 790. The van der Waals surface area contributed by atoms with Crippen molar-refractivity contribution in [1.82, 2.24) is 14.4 Å². The van der Waals surface area contributed by atoms with Gasteiger partial charge in [0.25, 0.3) is 0 Å². The summed E-state index contributed by atoms with van der Waals surface area (Å²) >= 11 is 0. The molecular weight excluding hydrogens is 326 g/mol. The van der Waals surface area contributed by atoms with Crippen molar-refractivity contribution in [1.29, 1.82) is 0 Å². The number of fused-ring (bicyclic) bond motifs is 1. The number of likely N-dealkylation sites (tertiary alicyclic amines) is 2. The van der Waals surface area contributed by atoms with E-state index in [-0.39, 0.29) is 12.1 Å². The maximum absolute atomic E-state index is 12.6. The molecule has 0 spiro atoms. The summed E-state index contributed by atoms with van der Waals surface area (Å²) in [5, 5.41) is 1.18. The number of aromatic nitrogens is 1. The molecule has 1 aromatic carbocycles. The van der Waals surface area contributed by atoms with Crippen molar-refractivity contribution < 1.29 is 9.53 Å². The molecule has 3 heterocycles. The van der Waals surface area contributed by atoms with Gasteiger partial charge in [-0.1, -0.05) is 6.07 Å². The lowest BCUT2D eigenvalue weighted by molar-refractivity contribution is -0.134. The zero-order chi connectivity index (χ0) is 18.3. The summed E-state index contributed by atoms with van der Waals surface area (Å²) < 4.78 is 8.47. The molecule has 4 rings (SSSR count). The van der Waals surface area contributed by atoms with Gasteiger partial charge in [0.05, 0.1) is 11.6 Å². The molecule has 2 aromatic rings. The average Bonchev–Trinajstić information content (AvgIpc) is 3.20. The van der Waals surface area contributed by atoms with Crippen LogP contribution in [0.25, 0.3) is 10.9 Å². The van der Waals surface area contributed by atoms with Gasteiger partial charge in [0.2, 0.25) is 5.91 Å². The van der Waals surface area contributed by atoms with E-state index in [0.717, 1.165) is 44.6 Å². The monoisotopic (exact) mass is 355 g/mol. The minimum Gasteiger partial charge on any atom is -0.490 e. The molecule has 5 heteroatoms. The molecule has 2 fully saturated rings. The molecule has 0 aliphatic carbocycles. The van der Waals surface area contributed by atoms with Gasteiger partial charge in [-0.15, -0.1) is 0 Å². The van der Waals surface area contributed by atoms with Gasteiger partial charge < -0.3 is 14.2 Å². The SMILES string of the molecule is CC(C)N1CCC(N2CCC(Oc3cccc4c3ccn4C)CC2)C1=O. The zero-order valence-electron chi connectivity index (χ0n) is 16.0. The quantitative estimate of drug-likeness (QED) is 0.846. The van der Waals surface area contributed by atoms with Crippen molar-refractivity contribution in [3.05, 3.63) is 30.5 Å². The Morgan fingerprint density at radius 3 is 2.54 bits per heavy atom. The summed E-state index contributed by atoms with van der Waals surface area (Å²) in [4.78, 5) is 17.0. The van der Waals surface area contributed by atoms with Crippen LogP contribution >= 0.6 is 0 Å². The molecule has 0 saturated carbocycles. The third-order valence-corrected chi connectivity index (χ3v) is 5.93. The minimum atomic E-state index is 0.0795. The maximum atomic E-state index is 12.6. The fourth-order valence-electron chi connectivity index (χ4n) is 4.40. The Hall–Kier alpha value is -2.01. The van der Waals surface area contributed by atoms with Crippen LogP contribution < -0.4 is 4.74 Å². The molecule has 0 N–H and O–H groups in total. The summed E-state index contributed by atoms with van der Waals surface area (Å²) in [6.45, 7) is 6.98. The standard InChI is InChI=1S/C21H29N3O2/c1-15(2)24-14-10-19(21(24)25)23-12-7-16(8-13-23)26-20-6-4-5-18-17(20)9-11-22(18)3/h4-6,9,11,15-16,19H,7-8,10,12-14H2,1-3H3. The van der Waals surface area contributed by atoms with E-state index >= 15 is 0 Å². The van der Waals surface area contributed by atoms with Crippen LogP contribution in [0, 0.1) is 0 Å². The molecule has 26 heavy (non-hydrogen) atoms. The topological polar surface area (TPSA) is 37.7 Å². The van der Waals surface area contributed by atoms with E-state index in [0.29, 0.717) is 11.9 Å². The fraction of sp³-hybridized carbons (Fsp3) is 0.571. The Morgan fingerprint density at radius 1 is 1.08 bits per heavy atom. The van der Waals surface area contributed by atoms with Gasteiger partial charge in [-0.25, -0.2) is 0 Å². The maximum Gasteiger partial charge on any atom is 0.240 e. The first-order chi connectivity index (χ1) is 12.5. The predicted octanol–water partition coefficient (Wildman–Crippen LogP) is 3.03. The molecule has 140 valence electrons. The van der Waals surface area contributed by atoms with Crippen LogP contribution in [0.5, 0.6) is 5.75 Å². The van der Waals surface area contributed by atoms with Gasteiger partial charge in [-0.3, -0.25) is 9.69 Å². The van der Waals surface area contributed by atoms with Crippen LogP contribution in [0.2, 0.25) is 0 Å². The summed E-state index contributed by atoms with van der Waals surface area (Å²) in [5.74, 6) is 1.29. The predicted molar refractivity (Wildman–Crippen MR) is 103 cm³/mol. The molecule has 1 unspecified atom stereocenters. The average molecular weight is 355 g/mol. The number of amides is 1.